The second-order valence-electron chi connectivity index (χ2n) is 6.82. The highest BCUT2D eigenvalue weighted by Crippen LogP contribution is 2.32. The van der Waals surface area contributed by atoms with Crippen molar-refractivity contribution >= 4 is 5.91 Å². The maximum absolute atomic E-state index is 12.6. The predicted molar refractivity (Wildman–Crippen MR) is 106 cm³/mol. The molecule has 4 N–H and O–H groups in total. The van der Waals surface area contributed by atoms with Crippen LogP contribution in [0, 0.1) is 0 Å². The molecule has 2 aromatic carbocycles. The van der Waals surface area contributed by atoms with E-state index < -0.39 is 0 Å². The van der Waals surface area contributed by atoms with Gasteiger partial charge in [0.2, 0.25) is 5.91 Å². The third-order valence-corrected chi connectivity index (χ3v) is 4.92. The smallest absolute Gasteiger partial charge is 0.238 e. The number of carbonyl (C=O) groups excluding carboxylic acids is 1. The highest BCUT2D eigenvalue weighted by molar-refractivity contribution is 5.82. The van der Waals surface area contributed by atoms with Gasteiger partial charge in [-0.3, -0.25) is 4.79 Å². The lowest BCUT2D eigenvalue weighted by Gasteiger charge is -2.19. The first kappa shape index (κ1) is 20.1. The van der Waals surface area contributed by atoms with Crippen LogP contribution in [0.15, 0.2) is 48.5 Å². The number of nitrogens with one attached hydrogen (secondary N) is 3. The van der Waals surface area contributed by atoms with Crippen molar-refractivity contribution in [1.82, 2.24) is 16.2 Å². The number of ether oxygens (including phenoxy) is 2. The number of rotatable bonds is 8. The molecule has 2 unspecified atom stereocenters. The van der Waals surface area contributed by atoms with E-state index in [1.54, 1.807) is 14.2 Å². The maximum Gasteiger partial charge on any atom is 0.238 e. The lowest BCUT2D eigenvalue weighted by Crippen LogP contribution is -2.48. The van der Waals surface area contributed by atoms with E-state index in [4.69, 9.17) is 9.47 Å². The highest BCUT2D eigenvalue weighted by Gasteiger charge is 2.31. The molecule has 3 rings (SSSR count). The molecule has 7 heteroatoms. The zero-order chi connectivity index (χ0) is 19.9. The van der Waals surface area contributed by atoms with Gasteiger partial charge >= 0.3 is 0 Å². The van der Waals surface area contributed by atoms with E-state index in [0.29, 0.717) is 24.3 Å². The Balaban J connectivity index is 1.59. The number of methoxy groups -OCH3 is 2. The number of benzene rings is 2. The van der Waals surface area contributed by atoms with Crippen LogP contribution >= 0.6 is 0 Å². The summed E-state index contributed by atoms with van der Waals surface area (Å²) in [4.78, 5) is 12.6. The summed E-state index contributed by atoms with van der Waals surface area (Å²) in [6.07, 6.45) is 1.17. The summed E-state index contributed by atoms with van der Waals surface area (Å²) in [5, 5.41) is 12.6. The van der Waals surface area contributed by atoms with E-state index in [-0.39, 0.29) is 30.6 Å². The fourth-order valence-corrected chi connectivity index (χ4v) is 3.38. The Labute approximate surface area is 165 Å². The molecule has 0 saturated carbocycles. The van der Waals surface area contributed by atoms with E-state index in [9.17, 15) is 9.90 Å². The van der Waals surface area contributed by atoms with Gasteiger partial charge in [0.15, 0.2) is 11.5 Å². The monoisotopic (exact) mass is 385 g/mol. The first-order valence-electron chi connectivity index (χ1n) is 9.32. The van der Waals surface area contributed by atoms with Gasteiger partial charge in [-0.1, -0.05) is 36.4 Å². The SMILES string of the molecule is COc1ccc(C2CC(C(=O)N[C@@H](CO)Cc3ccccc3)NN2)cc1OC. The zero-order valence-corrected chi connectivity index (χ0v) is 16.1. The van der Waals surface area contributed by atoms with Crippen LogP contribution in [-0.4, -0.2) is 43.9 Å². The zero-order valence-electron chi connectivity index (χ0n) is 16.1. The standard InChI is InChI=1S/C21H27N3O4/c1-27-19-9-8-15(11-20(19)28-2)17-12-18(24-23-17)21(26)22-16(13-25)10-14-6-4-3-5-7-14/h3-9,11,16-18,23-25H,10,12-13H2,1-2H3,(H,22,26)/t16-,17?,18?/m1/s1. The van der Waals surface area contributed by atoms with Gasteiger partial charge < -0.3 is 19.9 Å². The minimum Gasteiger partial charge on any atom is -0.493 e. The molecule has 1 saturated heterocycles. The summed E-state index contributed by atoms with van der Waals surface area (Å²) in [6.45, 7) is -0.111. The molecule has 0 aliphatic carbocycles. The molecule has 1 aliphatic rings. The van der Waals surface area contributed by atoms with E-state index in [1.165, 1.54) is 0 Å². The number of aliphatic hydroxyl groups excluding tert-OH is 1. The molecular formula is C21H27N3O4. The molecule has 7 nitrogen and oxygen atoms in total. The molecule has 0 spiro atoms. The molecule has 1 heterocycles. The third kappa shape index (κ3) is 4.81. The second kappa shape index (κ2) is 9.54. The number of amides is 1. The Morgan fingerprint density at radius 2 is 1.89 bits per heavy atom. The Bertz CT molecular complexity index is 784. The minimum absolute atomic E-state index is 0.0303. The van der Waals surface area contributed by atoms with E-state index in [2.05, 4.69) is 16.2 Å². The molecule has 0 radical (unpaired) electrons. The van der Waals surface area contributed by atoms with Crippen molar-refractivity contribution in [1.29, 1.82) is 0 Å². The van der Waals surface area contributed by atoms with Gasteiger partial charge in [0.25, 0.3) is 0 Å². The second-order valence-corrected chi connectivity index (χ2v) is 6.82. The molecule has 1 fully saturated rings. The molecular weight excluding hydrogens is 358 g/mol. The van der Waals surface area contributed by atoms with Crippen LogP contribution in [-0.2, 0) is 11.2 Å². The summed E-state index contributed by atoms with van der Waals surface area (Å²) in [5.74, 6) is 1.18. The van der Waals surface area contributed by atoms with Gasteiger partial charge in [-0.25, -0.2) is 10.9 Å². The van der Waals surface area contributed by atoms with E-state index in [0.717, 1.165) is 11.1 Å². The summed E-state index contributed by atoms with van der Waals surface area (Å²) >= 11 is 0. The van der Waals surface area contributed by atoms with Crippen molar-refractivity contribution in [3.8, 4) is 11.5 Å². The number of hydrogen-bond donors (Lipinski definition) is 4. The summed E-state index contributed by atoms with van der Waals surface area (Å²) in [5.41, 5.74) is 8.29. The van der Waals surface area contributed by atoms with Gasteiger partial charge in [0, 0.05) is 6.04 Å². The number of carbonyl (C=O) groups is 1. The van der Waals surface area contributed by atoms with Gasteiger partial charge in [0.1, 0.15) is 6.04 Å². The molecule has 0 bridgehead atoms. The first-order valence-corrected chi connectivity index (χ1v) is 9.32. The topological polar surface area (TPSA) is 91.9 Å². The minimum atomic E-state index is -0.386. The molecule has 3 atom stereocenters. The fraction of sp³-hybridized carbons (Fsp3) is 0.381. The van der Waals surface area contributed by atoms with E-state index >= 15 is 0 Å². The highest BCUT2D eigenvalue weighted by atomic mass is 16.5. The molecule has 1 aliphatic heterocycles. The van der Waals surface area contributed by atoms with Crippen LogP contribution < -0.4 is 25.6 Å². The Morgan fingerprint density at radius 3 is 2.57 bits per heavy atom. The van der Waals surface area contributed by atoms with Crippen LogP contribution in [0.2, 0.25) is 0 Å². The van der Waals surface area contributed by atoms with Gasteiger partial charge in [-0.15, -0.1) is 0 Å². The molecule has 1 amide bonds. The first-order chi connectivity index (χ1) is 13.6. The lowest BCUT2D eigenvalue weighted by molar-refractivity contribution is -0.123. The Morgan fingerprint density at radius 1 is 1.14 bits per heavy atom. The van der Waals surface area contributed by atoms with Gasteiger partial charge in [-0.05, 0) is 36.1 Å². The van der Waals surface area contributed by atoms with Crippen LogP contribution in [0.5, 0.6) is 11.5 Å². The molecule has 2 aromatic rings. The van der Waals surface area contributed by atoms with Gasteiger partial charge in [-0.2, -0.15) is 0 Å². The average Bonchev–Trinajstić information content (AvgIpc) is 3.24. The van der Waals surface area contributed by atoms with Crippen molar-refractivity contribution in [2.24, 2.45) is 0 Å². The number of hydrazine groups is 1. The fourth-order valence-electron chi connectivity index (χ4n) is 3.38. The summed E-state index contributed by atoms with van der Waals surface area (Å²) < 4.78 is 10.6. The van der Waals surface area contributed by atoms with Crippen molar-refractivity contribution < 1.29 is 19.4 Å². The lowest BCUT2D eigenvalue weighted by atomic mass is 10.0. The van der Waals surface area contributed by atoms with Crippen molar-refractivity contribution in [2.45, 2.75) is 31.0 Å². The average molecular weight is 385 g/mol. The Hall–Kier alpha value is -2.61. The molecule has 28 heavy (non-hydrogen) atoms. The van der Waals surface area contributed by atoms with Crippen molar-refractivity contribution in [3.05, 3.63) is 59.7 Å². The summed E-state index contributed by atoms with van der Waals surface area (Å²) in [6, 6.07) is 14.8. The number of aliphatic hydroxyl groups is 1. The van der Waals surface area contributed by atoms with Crippen LogP contribution in [0.3, 0.4) is 0 Å². The normalized spacial score (nSPS) is 19.8. The van der Waals surface area contributed by atoms with Crippen LogP contribution in [0.4, 0.5) is 0 Å². The van der Waals surface area contributed by atoms with Crippen molar-refractivity contribution in [3.63, 3.8) is 0 Å². The summed E-state index contributed by atoms with van der Waals surface area (Å²) in [7, 11) is 3.19. The van der Waals surface area contributed by atoms with Crippen LogP contribution in [0.25, 0.3) is 0 Å². The maximum atomic E-state index is 12.6. The van der Waals surface area contributed by atoms with Crippen molar-refractivity contribution in [2.75, 3.05) is 20.8 Å². The predicted octanol–water partition coefficient (Wildman–Crippen LogP) is 1.33. The third-order valence-electron chi connectivity index (χ3n) is 4.92. The number of hydrogen-bond acceptors (Lipinski definition) is 6. The molecule has 150 valence electrons. The van der Waals surface area contributed by atoms with Gasteiger partial charge in [0.05, 0.1) is 26.9 Å². The quantitative estimate of drug-likeness (QED) is 0.548. The Kier molecular flexibility index (Phi) is 6.86. The molecule has 0 aromatic heterocycles. The van der Waals surface area contributed by atoms with E-state index in [1.807, 2.05) is 48.5 Å². The largest absolute Gasteiger partial charge is 0.493 e. The van der Waals surface area contributed by atoms with Crippen LogP contribution in [0.1, 0.15) is 23.6 Å².